The van der Waals surface area contributed by atoms with Crippen LogP contribution in [0.2, 0.25) is 0 Å². The van der Waals surface area contributed by atoms with Crippen molar-refractivity contribution >= 4 is 18.3 Å². The van der Waals surface area contributed by atoms with Gasteiger partial charge in [-0.2, -0.15) is 0 Å². The number of amides is 1. The fourth-order valence-corrected chi connectivity index (χ4v) is 1.89. The zero-order valence-electron chi connectivity index (χ0n) is 10.0. The third-order valence-electron chi connectivity index (χ3n) is 3.01. The summed E-state index contributed by atoms with van der Waals surface area (Å²) in [5, 5.41) is 15.1. The Kier molecular flexibility index (Phi) is 5.65. The summed E-state index contributed by atoms with van der Waals surface area (Å²) in [6.45, 7) is 1.43. The van der Waals surface area contributed by atoms with Crippen LogP contribution in [0.15, 0.2) is 18.2 Å². The Bertz CT molecular complexity index is 459. The summed E-state index contributed by atoms with van der Waals surface area (Å²) in [5.41, 5.74) is 0.0642. The van der Waals surface area contributed by atoms with Crippen molar-refractivity contribution in [2.45, 2.75) is 6.10 Å². The molecule has 7 heteroatoms. The minimum Gasteiger partial charge on any atom is -0.391 e. The van der Waals surface area contributed by atoms with Crippen LogP contribution in [-0.2, 0) is 0 Å². The highest BCUT2D eigenvalue weighted by molar-refractivity contribution is 5.94. The fourth-order valence-electron chi connectivity index (χ4n) is 1.89. The molecule has 1 saturated heterocycles. The molecule has 4 nitrogen and oxygen atoms in total. The summed E-state index contributed by atoms with van der Waals surface area (Å²) in [6, 6.07) is 2.99. The molecule has 0 aromatic heterocycles. The Morgan fingerprint density at radius 1 is 1.37 bits per heavy atom. The van der Waals surface area contributed by atoms with E-state index in [1.54, 1.807) is 0 Å². The smallest absolute Gasteiger partial charge is 0.251 e. The van der Waals surface area contributed by atoms with Gasteiger partial charge in [-0.25, -0.2) is 8.78 Å². The van der Waals surface area contributed by atoms with Crippen molar-refractivity contribution in [2.75, 3.05) is 19.6 Å². The van der Waals surface area contributed by atoms with Gasteiger partial charge in [0.1, 0.15) is 0 Å². The van der Waals surface area contributed by atoms with Gasteiger partial charge in [-0.05, 0) is 18.2 Å². The molecule has 0 saturated carbocycles. The van der Waals surface area contributed by atoms with E-state index in [0.29, 0.717) is 19.6 Å². The van der Waals surface area contributed by atoms with Crippen molar-refractivity contribution in [3.05, 3.63) is 35.4 Å². The number of hydrogen-bond donors (Lipinski definition) is 3. The number of halogens is 3. The molecule has 1 aliphatic rings. The second kappa shape index (κ2) is 6.79. The average Bonchev–Trinajstić information content (AvgIpc) is 2.75. The zero-order valence-corrected chi connectivity index (χ0v) is 10.8. The standard InChI is InChI=1S/C12H14F2N2O2.ClH/c13-9-2-1-7(3-10(9)14)12(18)16-5-8-4-15-6-11(8)17;/h1-3,8,11,15,17H,4-6H2,(H,16,18);1H. The number of carbonyl (C=O) groups excluding carboxylic acids is 1. The first-order valence-electron chi connectivity index (χ1n) is 5.70. The SMILES string of the molecule is Cl.O=C(NCC1CNCC1O)c1ccc(F)c(F)c1. The molecule has 1 heterocycles. The van der Waals surface area contributed by atoms with Crippen LogP contribution in [0.25, 0.3) is 0 Å². The minimum absolute atomic E-state index is 0. The maximum Gasteiger partial charge on any atom is 0.251 e. The Balaban J connectivity index is 0.00000180. The van der Waals surface area contributed by atoms with Crippen molar-refractivity contribution < 1.29 is 18.7 Å². The quantitative estimate of drug-likeness (QED) is 0.768. The first-order valence-corrected chi connectivity index (χ1v) is 5.70. The van der Waals surface area contributed by atoms with E-state index in [9.17, 15) is 18.7 Å². The van der Waals surface area contributed by atoms with Gasteiger partial charge in [0, 0.05) is 31.1 Å². The van der Waals surface area contributed by atoms with Crippen LogP contribution in [0.5, 0.6) is 0 Å². The molecule has 1 aromatic rings. The Morgan fingerprint density at radius 3 is 2.68 bits per heavy atom. The maximum atomic E-state index is 12.9. The molecule has 1 aliphatic heterocycles. The number of benzene rings is 1. The van der Waals surface area contributed by atoms with E-state index in [0.717, 1.165) is 12.1 Å². The summed E-state index contributed by atoms with van der Waals surface area (Å²) >= 11 is 0. The molecule has 0 bridgehead atoms. The predicted octanol–water partition coefficient (Wildman–Crippen LogP) is 0.697. The number of β-amino-alcohol motifs (C(OH)–C–C–N with tert-alkyl or cyclic N) is 1. The maximum absolute atomic E-state index is 12.9. The lowest BCUT2D eigenvalue weighted by molar-refractivity contribution is 0.0926. The third kappa shape index (κ3) is 3.86. The highest BCUT2D eigenvalue weighted by Crippen LogP contribution is 2.10. The van der Waals surface area contributed by atoms with Crippen molar-refractivity contribution in [2.24, 2.45) is 5.92 Å². The molecule has 1 amide bonds. The summed E-state index contributed by atoms with van der Waals surface area (Å²) in [6.07, 6.45) is -0.491. The molecule has 19 heavy (non-hydrogen) atoms. The first kappa shape index (κ1) is 15.8. The Labute approximate surface area is 115 Å². The van der Waals surface area contributed by atoms with E-state index >= 15 is 0 Å². The molecule has 2 atom stereocenters. The summed E-state index contributed by atoms with van der Waals surface area (Å²) < 4.78 is 25.6. The van der Waals surface area contributed by atoms with E-state index in [1.165, 1.54) is 6.07 Å². The molecule has 0 aliphatic carbocycles. The number of aliphatic hydroxyl groups is 1. The molecule has 106 valence electrons. The topological polar surface area (TPSA) is 61.4 Å². The lowest BCUT2D eigenvalue weighted by atomic mass is 10.1. The van der Waals surface area contributed by atoms with Gasteiger partial charge < -0.3 is 15.7 Å². The number of nitrogens with one attached hydrogen (secondary N) is 2. The predicted molar refractivity (Wildman–Crippen MR) is 68.3 cm³/mol. The fraction of sp³-hybridized carbons (Fsp3) is 0.417. The van der Waals surface area contributed by atoms with E-state index in [1.807, 2.05) is 0 Å². The van der Waals surface area contributed by atoms with Gasteiger partial charge in [0.25, 0.3) is 5.91 Å². The monoisotopic (exact) mass is 292 g/mol. The highest BCUT2D eigenvalue weighted by Gasteiger charge is 2.25. The average molecular weight is 293 g/mol. The summed E-state index contributed by atoms with van der Waals surface area (Å²) in [7, 11) is 0. The van der Waals surface area contributed by atoms with Crippen LogP contribution < -0.4 is 10.6 Å². The first-order chi connectivity index (χ1) is 8.58. The summed E-state index contributed by atoms with van der Waals surface area (Å²) in [5.74, 6) is -2.57. The van der Waals surface area contributed by atoms with Gasteiger partial charge in [0.05, 0.1) is 6.10 Å². The lowest BCUT2D eigenvalue weighted by Gasteiger charge is -2.14. The number of aliphatic hydroxyl groups excluding tert-OH is 1. The third-order valence-corrected chi connectivity index (χ3v) is 3.01. The molecule has 2 unspecified atom stereocenters. The van der Waals surface area contributed by atoms with Crippen LogP contribution in [0.3, 0.4) is 0 Å². The van der Waals surface area contributed by atoms with Crippen LogP contribution in [-0.4, -0.2) is 36.8 Å². The van der Waals surface area contributed by atoms with Crippen molar-refractivity contribution in [1.29, 1.82) is 0 Å². The Hall–Kier alpha value is -1.24. The van der Waals surface area contributed by atoms with Crippen LogP contribution in [0.1, 0.15) is 10.4 Å². The summed E-state index contributed by atoms with van der Waals surface area (Å²) in [4.78, 5) is 11.7. The van der Waals surface area contributed by atoms with Crippen molar-refractivity contribution in [3.8, 4) is 0 Å². The normalized spacial score (nSPS) is 21.8. The molecule has 1 aromatic carbocycles. The van der Waals surface area contributed by atoms with Crippen LogP contribution >= 0.6 is 12.4 Å². The molecule has 0 radical (unpaired) electrons. The largest absolute Gasteiger partial charge is 0.391 e. The van der Waals surface area contributed by atoms with Crippen molar-refractivity contribution in [3.63, 3.8) is 0 Å². The van der Waals surface area contributed by atoms with E-state index in [-0.39, 0.29) is 23.9 Å². The second-order valence-electron chi connectivity index (χ2n) is 4.32. The second-order valence-corrected chi connectivity index (χ2v) is 4.32. The molecule has 1 fully saturated rings. The lowest BCUT2D eigenvalue weighted by Crippen LogP contribution is -2.34. The molecule has 2 rings (SSSR count). The zero-order chi connectivity index (χ0) is 13.1. The van der Waals surface area contributed by atoms with Gasteiger partial charge in [-0.3, -0.25) is 4.79 Å². The molecule has 3 N–H and O–H groups in total. The van der Waals surface area contributed by atoms with Gasteiger partial charge in [0.15, 0.2) is 11.6 Å². The molecular formula is C12H15ClF2N2O2. The number of rotatable bonds is 3. The number of carbonyl (C=O) groups is 1. The van der Waals surface area contributed by atoms with E-state index in [4.69, 9.17) is 0 Å². The Morgan fingerprint density at radius 2 is 2.11 bits per heavy atom. The van der Waals surface area contributed by atoms with E-state index < -0.39 is 23.6 Å². The minimum atomic E-state index is -1.05. The van der Waals surface area contributed by atoms with Crippen LogP contribution in [0, 0.1) is 17.6 Å². The highest BCUT2D eigenvalue weighted by atomic mass is 35.5. The van der Waals surface area contributed by atoms with Gasteiger partial charge in [-0.1, -0.05) is 0 Å². The van der Waals surface area contributed by atoms with Crippen molar-refractivity contribution in [1.82, 2.24) is 10.6 Å². The van der Waals surface area contributed by atoms with Gasteiger partial charge in [0.2, 0.25) is 0 Å². The number of hydrogen-bond acceptors (Lipinski definition) is 3. The van der Waals surface area contributed by atoms with Crippen LogP contribution in [0.4, 0.5) is 8.78 Å². The molecular weight excluding hydrogens is 278 g/mol. The van der Waals surface area contributed by atoms with Gasteiger partial charge in [-0.15, -0.1) is 12.4 Å². The van der Waals surface area contributed by atoms with E-state index in [2.05, 4.69) is 10.6 Å². The molecule has 0 spiro atoms. The van der Waals surface area contributed by atoms with Gasteiger partial charge >= 0.3 is 0 Å².